The number of amides is 1. The molecule has 1 N–H and O–H groups in total. The van der Waals surface area contributed by atoms with Crippen LogP contribution in [0.1, 0.15) is 34.9 Å². The number of rotatable bonds is 5. The standard InChI is InChI=1S/C22H21ClFN3O/c1-13-21(25-22(28)17-11-16(17)15-7-4-3-5-8-15)14(2)27(26-13)12-18-19(23)9-6-10-20(18)24/h3-10,16-17H,11-12H2,1-2H3,(H,25,28)/t16-,17+/m1/s1. The van der Waals surface area contributed by atoms with Crippen LogP contribution in [0.4, 0.5) is 10.1 Å². The number of halogens is 2. The van der Waals surface area contributed by atoms with Crippen molar-refractivity contribution >= 4 is 23.2 Å². The monoisotopic (exact) mass is 397 g/mol. The SMILES string of the molecule is Cc1nn(Cc2c(F)cccc2Cl)c(C)c1NC(=O)[C@H]1C[C@@H]1c1ccccc1. The molecule has 0 aliphatic heterocycles. The molecule has 4 rings (SSSR count). The van der Waals surface area contributed by atoms with Gasteiger partial charge in [0.15, 0.2) is 0 Å². The van der Waals surface area contributed by atoms with Crippen LogP contribution in [0.5, 0.6) is 0 Å². The van der Waals surface area contributed by atoms with Crippen molar-refractivity contribution in [3.63, 3.8) is 0 Å². The van der Waals surface area contributed by atoms with Crippen LogP contribution in [0.25, 0.3) is 0 Å². The summed E-state index contributed by atoms with van der Waals surface area (Å²) in [6.45, 7) is 3.92. The van der Waals surface area contributed by atoms with E-state index >= 15 is 0 Å². The van der Waals surface area contributed by atoms with Gasteiger partial charge in [0.25, 0.3) is 0 Å². The van der Waals surface area contributed by atoms with Crippen molar-refractivity contribution in [3.05, 3.63) is 81.9 Å². The van der Waals surface area contributed by atoms with E-state index in [0.717, 1.165) is 12.1 Å². The number of carbonyl (C=O) groups excluding carboxylic acids is 1. The first-order valence-corrected chi connectivity index (χ1v) is 9.66. The fourth-order valence-corrected chi connectivity index (χ4v) is 3.86. The molecule has 0 radical (unpaired) electrons. The van der Waals surface area contributed by atoms with E-state index in [1.165, 1.54) is 11.6 Å². The third kappa shape index (κ3) is 3.54. The number of benzene rings is 2. The Morgan fingerprint density at radius 3 is 2.68 bits per heavy atom. The Hall–Kier alpha value is -2.66. The Balaban J connectivity index is 1.50. The Labute approximate surface area is 168 Å². The van der Waals surface area contributed by atoms with Gasteiger partial charge in [0.2, 0.25) is 5.91 Å². The van der Waals surface area contributed by atoms with Gasteiger partial charge in [0.05, 0.1) is 23.6 Å². The molecule has 1 amide bonds. The molecule has 0 spiro atoms. The minimum absolute atomic E-state index is 0.00327. The number of nitrogens with zero attached hydrogens (tertiary/aromatic N) is 2. The summed E-state index contributed by atoms with van der Waals surface area (Å²) in [4.78, 5) is 12.7. The molecule has 1 aliphatic rings. The quantitative estimate of drug-likeness (QED) is 0.652. The molecule has 6 heteroatoms. The predicted octanol–water partition coefficient (Wildman–Crippen LogP) is 5.08. The summed E-state index contributed by atoms with van der Waals surface area (Å²) >= 11 is 6.14. The predicted molar refractivity (Wildman–Crippen MR) is 108 cm³/mol. The van der Waals surface area contributed by atoms with E-state index in [0.29, 0.717) is 22.0 Å². The number of nitrogens with one attached hydrogen (secondary N) is 1. The summed E-state index contributed by atoms with van der Waals surface area (Å²) in [7, 11) is 0. The van der Waals surface area contributed by atoms with Crippen molar-refractivity contribution in [3.8, 4) is 0 Å². The van der Waals surface area contributed by atoms with Gasteiger partial charge >= 0.3 is 0 Å². The average molecular weight is 398 g/mol. The molecule has 1 aromatic heterocycles. The second-order valence-corrected chi connectivity index (χ2v) is 7.66. The van der Waals surface area contributed by atoms with E-state index < -0.39 is 0 Å². The molecule has 1 saturated carbocycles. The molecule has 4 nitrogen and oxygen atoms in total. The fourth-order valence-electron chi connectivity index (χ4n) is 3.63. The lowest BCUT2D eigenvalue weighted by molar-refractivity contribution is -0.117. The van der Waals surface area contributed by atoms with E-state index in [-0.39, 0.29) is 30.1 Å². The Bertz CT molecular complexity index is 1010. The number of carbonyl (C=O) groups is 1. The number of aromatic nitrogens is 2. The number of anilines is 1. The third-order valence-corrected chi connectivity index (χ3v) is 5.71. The maximum atomic E-state index is 14.1. The second-order valence-electron chi connectivity index (χ2n) is 7.25. The van der Waals surface area contributed by atoms with Crippen LogP contribution in [-0.2, 0) is 11.3 Å². The summed E-state index contributed by atoms with van der Waals surface area (Å²) in [5.41, 5.74) is 3.76. The molecule has 0 saturated heterocycles. The van der Waals surface area contributed by atoms with Gasteiger partial charge in [-0.05, 0) is 43.9 Å². The largest absolute Gasteiger partial charge is 0.323 e. The van der Waals surface area contributed by atoms with E-state index in [1.807, 2.05) is 32.0 Å². The third-order valence-electron chi connectivity index (χ3n) is 5.35. The molecule has 0 unspecified atom stereocenters. The molecule has 144 valence electrons. The topological polar surface area (TPSA) is 46.9 Å². The van der Waals surface area contributed by atoms with Gasteiger partial charge in [-0.1, -0.05) is 48.0 Å². The zero-order valence-corrected chi connectivity index (χ0v) is 16.5. The molecule has 1 heterocycles. The van der Waals surface area contributed by atoms with E-state index in [9.17, 15) is 9.18 Å². The van der Waals surface area contributed by atoms with Crippen LogP contribution in [0, 0.1) is 25.6 Å². The molecular weight excluding hydrogens is 377 g/mol. The molecule has 1 fully saturated rings. The first-order valence-electron chi connectivity index (χ1n) is 9.28. The van der Waals surface area contributed by atoms with Gasteiger partial charge in [-0.25, -0.2) is 4.39 Å². The number of aryl methyl sites for hydroxylation is 1. The van der Waals surface area contributed by atoms with Gasteiger partial charge in [-0.15, -0.1) is 0 Å². The number of hydrogen-bond acceptors (Lipinski definition) is 2. The van der Waals surface area contributed by atoms with Crippen molar-refractivity contribution in [2.75, 3.05) is 5.32 Å². The van der Waals surface area contributed by atoms with Crippen LogP contribution in [0.15, 0.2) is 48.5 Å². The van der Waals surface area contributed by atoms with Crippen molar-refractivity contribution in [1.29, 1.82) is 0 Å². The van der Waals surface area contributed by atoms with Crippen LogP contribution < -0.4 is 5.32 Å². The summed E-state index contributed by atoms with van der Waals surface area (Å²) < 4.78 is 15.8. The minimum atomic E-state index is -0.366. The highest BCUT2D eigenvalue weighted by Gasteiger charge is 2.44. The van der Waals surface area contributed by atoms with Crippen LogP contribution >= 0.6 is 11.6 Å². The van der Waals surface area contributed by atoms with Crippen LogP contribution in [0.3, 0.4) is 0 Å². The zero-order chi connectivity index (χ0) is 19.8. The van der Waals surface area contributed by atoms with E-state index in [2.05, 4.69) is 22.5 Å². The Kier molecular flexibility index (Phi) is 4.94. The molecule has 2 aromatic carbocycles. The summed E-state index contributed by atoms with van der Waals surface area (Å²) in [6, 6.07) is 14.7. The van der Waals surface area contributed by atoms with Crippen molar-refractivity contribution in [2.45, 2.75) is 32.7 Å². The van der Waals surface area contributed by atoms with Crippen molar-refractivity contribution < 1.29 is 9.18 Å². The van der Waals surface area contributed by atoms with Gasteiger partial charge in [0, 0.05) is 16.5 Å². The normalized spacial score (nSPS) is 18.1. The Morgan fingerprint density at radius 2 is 1.96 bits per heavy atom. The summed E-state index contributed by atoms with van der Waals surface area (Å²) in [5, 5.41) is 7.86. The fraction of sp³-hybridized carbons (Fsp3) is 0.273. The average Bonchev–Trinajstić information content (AvgIpc) is 3.44. The van der Waals surface area contributed by atoms with Crippen molar-refractivity contribution in [2.24, 2.45) is 5.92 Å². The maximum absolute atomic E-state index is 14.1. The maximum Gasteiger partial charge on any atom is 0.228 e. The number of hydrogen-bond donors (Lipinski definition) is 1. The minimum Gasteiger partial charge on any atom is -0.323 e. The van der Waals surface area contributed by atoms with Gasteiger partial charge < -0.3 is 5.32 Å². The molecule has 2 atom stereocenters. The molecular formula is C22H21ClFN3O. The molecule has 1 aliphatic carbocycles. The molecule has 28 heavy (non-hydrogen) atoms. The highest BCUT2D eigenvalue weighted by molar-refractivity contribution is 6.31. The first-order chi connectivity index (χ1) is 13.5. The van der Waals surface area contributed by atoms with Crippen LogP contribution in [-0.4, -0.2) is 15.7 Å². The van der Waals surface area contributed by atoms with Crippen LogP contribution in [0.2, 0.25) is 5.02 Å². The zero-order valence-electron chi connectivity index (χ0n) is 15.7. The molecule has 0 bridgehead atoms. The molecule has 3 aromatic rings. The van der Waals surface area contributed by atoms with Gasteiger partial charge in [-0.3, -0.25) is 9.48 Å². The smallest absolute Gasteiger partial charge is 0.228 e. The van der Waals surface area contributed by atoms with Gasteiger partial charge in [0.1, 0.15) is 5.82 Å². The lowest BCUT2D eigenvalue weighted by Gasteiger charge is -2.09. The highest BCUT2D eigenvalue weighted by Crippen LogP contribution is 2.48. The van der Waals surface area contributed by atoms with E-state index in [4.69, 9.17) is 11.6 Å². The van der Waals surface area contributed by atoms with Crippen molar-refractivity contribution in [1.82, 2.24) is 9.78 Å². The van der Waals surface area contributed by atoms with E-state index in [1.54, 1.807) is 16.8 Å². The summed E-state index contributed by atoms with van der Waals surface area (Å²) in [6.07, 6.45) is 0.854. The Morgan fingerprint density at radius 1 is 1.21 bits per heavy atom. The lowest BCUT2D eigenvalue weighted by atomic mass is 10.1. The lowest BCUT2D eigenvalue weighted by Crippen LogP contribution is -2.16. The highest BCUT2D eigenvalue weighted by atomic mass is 35.5. The second kappa shape index (κ2) is 7.40. The first kappa shape index (κ1) is 18.7. The summed E-state index contributed by atoms with van der Waals surface area (Å²) in [5.74, 6) is -0.113. The van der Waals surface area contributed by atoms with Gasteiger partial charge in [-0.2, -0.15) is 5.10 Å².